The van der Waals surface area contributed by atoms with Crippen LogP contribution >= 0.6 is 11.6 Å². The number of methoxy groups -OCH3 is 1. The standard InChI is InChI=1S/C21H18ClFN2O4S/c1-25(16-6-8-17(29-2)9-7-16)30(27,28)18-10-11-20(22)19(13-18)21(26)24-15-5-3-4-14(23)12-15/h3-13H,1-2H3,(H,24,26). The second kappa shape index (κ2) is 8.73. The molecule has 9 heteroatoms. The monoisotopic (exact) mass is 448 g/mol. The SMILES string of the molecule is COc1ccc(N(C)S(=O)(=O)c2ccc(Cl)c(C(=O)Nc3cccc(F)c3)c2)cc1. The normalized spacial score (nSPS) is 11.1. The molecule has 3 rings (SSSR count). The Balaban J connectivity index is 1.91. The van der Waals surface area contributed by atoms with Crippen LogP contribution in [0.3, 0.4) is 0 Å². The summed E-state index contributed by atoms with van der Waals surface area (Å²) >= 11 is 6.11. The summed E-state index contributed by atoms with van der Waals surface area (Å²) in [6.45, 7) is 0. The van der Waals surface area contributed by atoms with Gasteiger partial charge in [0.05, 0.1) is 28.3 Å². The Morgan fingerprint density at radius 1 is 1.07 bits per heavy atom. The number of hydrogen-bond donors (Lipinski definition) is 1. The molecule has 30 heavy (non-hydrogen) atoms. The van der Waals surface area contributed by atoms with Crippen molar-refractivity contribution in [2.24, 2.45) is 0 Å². The van der Waals surface area contributed by atoms with Crippen LogP contribution in [0.2, 0.25) is 5.02 Å². The molecule has 6 nitrogen and oxygen atoms in total. The van der Waals surface area contributed by atoms with Gasteiger partial charge in [-0.15, -0.1) is 0 Å². The predicted molar refractivity (Wildman–Crippen MR) is 114 cm³/mol. The van der Waals surface area contributed by atoms with Gasteiger partial charge in [0.25, 0.3) is 15.9 Å². The van der Waals surface area contributed by atoms with Gasteiger partial charge in [-0.05, 0) is 60.7 Å². The summed E-state index contributed by atoms with van der Waals surface area (Å²) in [7, 11) is -1.06. The molecule has 0 saturated heterocycles. The summed E-state index contributed by atoms with van der Waals surface area (Å²) in [6.07, 6.45) is 0. The zero-order valence-corrected chi connectivity index (χ0v) is 17.7. The highest BCUT2D eigenvalue weighted by Crippen LogP contribution is 2.27. The van der Waals surface area contributed by atoms with E-state index in [-0.39, 0.29) is 21.2 Å². The third-order valence-electron chi connectivity index (χ3n) is 4.36. The van der Waals surface area contributed by atoms with E-state index in [0.717, 1.165) is 10.4 Å². The second-order valence-electron chi connectivity index (χ2n) is 6.28. The minimum Gasteiger partial charge on any atom is -0.497 e. The van der Waals surface area contributed by atoms with Gasteiger partial charge in [-0.1, -0.05) is 17.7 Å². The average molecular weight is 449 g/mol. The molecule has 0 spiro atoms. The Morgan fingerprint density at radius 2 is 1.77 bits per heavy atom. The van der Waals surface area contributed by atoms with E-state index in [1.165, 1.54) is 50.6 Å². The smallest absolute Gasteiger partial charge is 0.264 e. The van der Waals surface area contributed by atoms with Crippen LogP contribution in [0, 0.1) is 5.82 Å². The fraction of sp³-hybridized carbons (Fsp3) is 0.0952. The van der Waals surface area contributed by atoms with Gasteiger partial charge in [0.1, 0.15) is 11.6 Å². The maximum absolute atomic E-state index is 13.3. The molecule has 0 heterocycles. The van der Waals surface area contributed by atoms with Crippen LogP contribution in [0.4, 0.5) is 15.8 Å². The highest BCUT2D eigenvalue weighted by Gasteiger charge is 2.24. The minimum absolute atomic E-state index is 0.0508. The van der Waals surface area contributed by atoms with E-state index in [1.54, 1.807) is 24.3 Å². The highest BCUT2D eigenvalue weighted by atomic mass is 35.5. The molecule has 0 fully saturated rings. The predicted octanol–water partition coefficient (Wildman–Crippen LogP) is 4.57. The van der Waals surface area contributed by atoms with Gasteiger partial charge in [0.15, 0.2) is 0 Å². The number of ether oxygens (including phenoxy) is 1. The zero-order valence-electron chi connectivity index (χ0n) is 16.1. The van der Waals surface area contributed by atoms with E-state index in [1.807, 2.05) is 0 Å². The number of rotatable bonds is 6. The first-order valence-electron chi connectivity index (χ1n) is 8.72. The van der Waals surface area contributed by atoms with Gasteiger partial charge in [-0.25, -0.2) is 12.8 Å². The van der Waals surface area contributed by atoms with Crippen molar-refractivity contribution in [3.63, 3.8) is 0 Å². The topological polar surface area (TPSA) is 75.7 Å². The van der Waals surface area contributed by atoms with Crippen molar-refractivity contribution < 1.29 is 22.3 Å². The number of halogens is 2. The summed E-state index contributed by atoms with van der Waals surface area (Å²) in [5.41, 5.74) is 0.585. The van der Waals surface area contributed by atoms with E-state index in [2.05, 4.69) is 5.32 Å². The Morgan fingerprint density at radius 3 is 2.40 bits per heavy atom. The molecule has 0 saturated carbocycles. The van der Waals surface area contributed by atoms with Crippen LogP contribution in [0.15, 0.2) is 71.6 Å². The second-order valence-corrected chi connectivity index (χ2v) is 8.65. The number of amides is 1. The Hall–Kier alpha value is -3.10. The lowest BCUT2D eigenvalue weighted by Crippen LogP contribution is -2.27. The van der Waals surface area contributed by atoms with Crippen molar-refractivity contribution in [3.8, 4) is 5.75 Å². The van der Waals surface area contributed by atoms with Gasteiger partial charge in [0.2, 0.25) is 0 Å². The summed E-state index contributed by atoms with van der Waals surface area (Å²) in [4.78, 5) is 12.5. The van der Waals surface area contributed by atoms with Gasteiger partial charge in [-0.3, -0.25) is 9.10 Å². The Kier molecular flexibility index (Phi) is 6.28. The fourth-order valence-electron chi connectivity index (χ4n) is 2.69. The van der Waals surface area contributed by atoms with Crippen LogP contribution in [0.25, 0.3) is 0 Å². The minimum atomic E-state index is -3.97. The highest BCUT2D eigenvalue weighted by molar-refractivity contribution is 7.92. The van der Waals surface area contributed by atoms with Crippen molar-refractivity contribution in [2.75, 3.05) is 23.8 Å². The van der Waals surface area contributed by atoms with Crippen molar-refractivity contribution >= 4 is 38.9 Å². The lowest BCUT2D eigenvalue weighted by molar-refractivity contribution is 0.102. The molecule has 3 aromatic carbocycles. The van der Waals surface area contributed by atoms with Crippen LogP contribution in [0.5, 0.6) is 5.75 Å². The number of hydrogen-bond acceptors (Lipinski definition) is 4. The summed E-state index contributed by atoms with van der Waals surface area (Å²) in [5.74, 6) is -0.585. The number of benzene rings is 3. The number of nitrogens with zero attached hydrogens (tertiary/aromatic N) is 1. The molecule has 0 aliphatic heterocycles. The number of anilines is 2. The molecule has 1 N–H and O–H groups in total. The van der Waals surface area contributed by atoms with Gasteiger partial charge in [-0.2, -0.15) is 0 Å². The number of nitrogens with one attached hydrogen (secondary N) is 1. The first kappa shape index (κ1) is 21.6. The molecule has 0 radical (unpaired) electrons. The maximum atomic E-state index is 13.3. The molecule has 1 amide bonds. The van der Waals surface area contributed by atoms with Gasteiger partial charge < -0.3 is 10.1 Å². The van der Waals surface area contributed by atoms with Crippen LogP contribution in [-0.4, -0.2) is 28.5 Å². The van der Waals surface area contributed by atoms with E-state index in [0.29, 0.717) is 11.4 Å². The molecule has 0 atom stereocenters. The summed E-state index contributed by atoms with van der Waals surface area (Å²) < 4.78 is 45.6. The Labute approximate surface area is 178 Å². The van der Waals surface area contributed by atoms with Crippen molar-refractivity contribution in [1.82, 2.24) is 0 Å². The molecule has 3 aromatic rings. The molecular formula is C21H18ClFN2O4S. The molecule has 0 aliphatic rings. The Bertz CT molecular complexity index is 1180. The largest absolute Gasteiger partial charge is 0.497 e. The van der Waals surface area contributed by atoms with E-state index >= 15 is 0 Å². The zero-order chi connectivity index (χ0) is 21.9. The molecule has 0 unspecified atom stereocenters. The van der Waals surface area contributed by atoms with Gasteiger partial charge >= 0.3 is 0 Å². The molecule has 0 bridgehead atoms. The lowest BCUT2D eigenvalue weighted by atomic mass is 10.2. The van der Waals surface area contributed by atoms with Gasteiger partial charge in [0, 0.05) is 12.7 Å². The quantitative estimate of drug-likeness (QED) is 0.599. The average Bonchev–Trinajstić information content (AvgIpc) is 2.73. The molecular weight excluding hydrogens is 431 g/mol. The van der Waals surface area contributed by atoms with E-state index < -0.39 is 21.7 Å². The first-order valence-corrected chi connectivity index (χ1v) is 10.5. The maximum Gasteiger partial charge on any atom is 0.264 e. The third-order valence-corrected chi connectivity index (χ3v) is 6.47. The van der Waals surface area contributed by atoms with Crippen molar-refractivity contribution in [1.29, 1.82) is 0 Å². The summed E-state index contributed by atoms with van der Waals surface area (Å²) in [6, 6.07) is 15.6. The van der Waals surface area contributed by atoms with Crippen LogP contribution < -0.4 is 14.4 Å². The van der Waals surface area contributed by atoms with Crippen LogP contribution in [-0.2, 0) is 10.0 Å². The first-order chi connectivity index (χ1) is 14.2. The third kappa shape index (κ3) is 4.55. The number of carbonyl (C=O) groups is 1. The number of sulfonamides is 1. The fourth-order valence-corrected chi connectivity index (χ4v) is 4.12. The molecule has 0 aliphatic carbocycles. The van der Waals surface area contributed by atoms with Crippen molar-refractivity contribution in [3.05, 3.63) is 83.1 Å². The summed E-state index contributed by atoms with van der Waals surface area (Å²) in [5, 5.41) is 2.57. The molecule has 156 valence electrons. The van der Waals surface area contributed by atoms with E-state index in [4.69, 9.17) is 16.3 Å². The van der Waals surface area contributed by atoms with Crippen molar-refractivity contribution in [2.45, 2.75) is 4.90 Å². The van der Waals surface area contributed by atoms with E-state index in [9.17, 15) is 17.6 Å². The van der Waals surface area contributed by atoms with Crippen LogP contribution in [0.1, 0.15) is 10.4 Å². The number of carbonyl (C=O) groups excluding carboxylic acids is 1. The lowest BCUT2D eigenvalue weighted by Gasteiger charge is -2.20. The molecule has 0 aromatic heterocycles.